The number of pyridine rings is 1. The fraction of sp³-hybridized carbons (Fsp3) is 0.400. The van der Waals surface area contributed by atoms with Gasteiger partial charge in [0.2, 0.25) is 0 Å². The van der Waals surface area contributed by atoms with Crippen LogP contribution in [0.15, 0.2) is 36.5 Å². The molecule has 7 heteroatoms. The highest BCUT2D eigenvalue weighted by Crippen LogP contribution is 2.22. The van der Waals surface area contributed by atoms with Gasteiger partial charge in [0.15, 0.2) is 0 Å². The third kappa shape index (κ3) is 4.39. The van der Waals surface area contributed by atoms with Crippen molar-refractivity contribution in [1.82, 2.24) is 19.8 Å². The SMILES string of the molecule is Cc1[nH]c(C(=O)N2CCN(Cc3cccc4cccnc34)CC2)c(C)c1C(=O)OC(C)C. The molecule has 1 amide bonds. The molecule has 1 aliphatic heterocycles. The summed E-state index contributed by atoms with van der Waals surface area (Å²) in [5, 5.41) is 1.14. The zero-order chi connectivity index (χ0) is 22.8. The lowest BCUT2D eigenvalue weighted by Gasteiger charge is -2.34. The summed E-state index contributed by atoms with van der Waals surface area (Å²) in [5.74, 6) is -0.459. The molecule has 0 saturated carbocycles. The number of aromatic amines is 1. The zero-order valence-corrected chi connectivity index (χ0v) is 19.1. The van der Waals surface area contributed by atoms with Gasteiger partial charge in [-0.3, -0.25) is 14.7 Å². The number of aromatic nitrogens is 2. The number of rotatable bonds is 5. The van der Waals surface area contributed by atoms with Crippen LogP contribution in [0.3, 0.4) is 0 Å². The average molecular weight is 435 g/mol. The van der Waals surface area contributed by atoms with Crippen molar-refractivity contribution >= 4 is 22.8 Å². The van der Waals surface area contributed by atoms with Crippen molar-refractivity contribution in [1.29, 1.82) is 0 Å². The third-order valence-electron chi connectivity index (χ3n) is 5.97. The first-order valence-corrected chi connectivity index (χ1v) is 11.1. The number of ether oxygens (including phenoxy) is 1. The van der Waals surface area contributed by atoms with Gasteiger partial charge in [-0.1, -0.05) is 24.3 Å². The molecule has 0 aliphatic carbocycles. The van der Waals surface area contributed by atoms with Crippen molar-refractivity contribution in [2.75, 3.05) is 26.2 Å². The molecule has 4 rings (SSSR count). The molecule has 0 unspecified atom stereocenters. The number of piperazine rings is 1. The van der Waals surface area contributed by atoms with Gasteiger partial charge >= 0.3 is 5.97 Å². The van der Waals surface area contributed by atoms with Crippen molar-refractivity contribution in [2.45, 2.75) is 40.3 Å². The summed E-state index contributed by atoms with van der Waals surface area (Å²) in [7, 11) is 0. The number of benzene rings is 1. The van der Waals surface area contributed by atoms with E-state index in [4.69, 9.17) is 4.74 Å². The fourth-order valence-corrected chi connectivity index (χ4v) is 4.35. The lowest BCUT2D eigenvalue weighted by Crippen LogP contribution is -2.48. The molecule has 0 bridgehead atoms. The van der Waals surface area contributed by atoms with Crippen molar-refractivity contribution in [3.8, 4) is 0 Å². The number of carbonyl (C=O) groups is 2. The maximum absolute atomic E-state index is 13.2. The number of esters is 1. The van der Waals surface area contributed by atoms with E-state index in [2.05, 4.69) is 39.1 Å². The van der Waals surface area contributed by atoms with Gasteiger partial charge in [0.1, 0.15) is 5.69 Å². The lowest BCUT2D eigenvalue weighted by molar-refractivity contribution is 0.0376. The Labute approximate surface area is 188 Å². The second-order valence-electron chi connectivity index (χ2n) is 8.64. The first-order valence-electron chi connectivity index (χ1n) is 11.1. The van der Waals surface area contributed by atoms with Crippen LogP contribution in [-0.2, 0) is 11.3 Å². The minimum atomic E-state index is -0.390. The summed E-state index contributed by atoms with van der Waals surface area (Å²) >= 11 is 0. The van der Waals surface area contributed by atoms with E-state index in [1.807, 2.05) is 31.0 Å². The van der Waals surface area contributed by atoms with Crippen molar-refractivity contribution in [3.63, 3.8) is 0 Å². The monoisotopic (exact) mass is 434 g/mol. The van der Waals surface area contributed by atoms with Crippen LogP contribution in [0.1, 0.15) is 51.5 Å². The van der Waals surface area contributed by atoms with E-state index >= 15 is 0 Å². The number of H-pyrrole nitrogens is 1. The number of carbonyl (C=O) groups excluding carboxylic acids is 2. The summed E-state index contributed by atoms with van der Waals surface area (Å²) in [6.45, 7) is 10.9. The number of hydrogen-bond acceptors (Lipinski definition) is 5. The molecule has 0 atom stereocenters. The van der Waals surface area contributed by atoms with Gasteiger partial charge in [-0.15, -0.1) is 0 Å². The summed E-state index contributed by atoms with van der Waals surface area (Å²) in [4.78, 5) is 37.5. The molecule has 1 aromatic carbocycles. The summed E-state index contributed by atoms with van der Waals surface area (Å²) < 4.78 is 5.34. The minimum Gasteiger partial charge on any atom is -0.459 e. The van der Waals surface area contributed by atoms with Crippen LogP contribution >= 0.6 is 0 Å². The lowest BCUT2D eigenvalue weighted by atomic mass is 10.1. The number of nitrogens with one attached hydrogen (secondary N) is 1. The highest BCUT2D eigenvalue weighted by Gasteiger charge is 2.28. The Morgan fingerprint density at radius 1 is 1.09 bits per heavy atom. The Bertz CT molecular complexity index is 1140. The van der Waals surface area contributed by atoms with Crippen molar-refractivity contribution in [2.24, 2.45) is 0 Å². The maximum atomic E-state index is 13.2. The Morgan fingerprint density at radius 3 is 2.53 bits per heavy atom. The minimum absolute atomic E-state index is 0.0688. The van der Waals surface area contributed by atoms with Gasteiger partial charge in [-0.2, -0.15) is 0 Å². The van der Waals surface area contributed by atoms with Gasteiger partial charge in [-0.05, 0) is 44.9 Å². The predicted octanol–water partition coefficient (Wildman–Crippen LogP) is 3.70. The van der Waals surface area contributed by atoms with Gasteiger partial charge in [-0.25, -0.2) is 4.79 Å². The standard InChI is InChI=1S/C25H30N4O3/c1-16(2)32-25(31)21-17(3)22(27-18(21)4)24(30)29-13-11-28(12-14-29)15-20-8-5-7-19-9-6-10-26-23(19)20/h5-10,16,27H,11-15H2,1-4H3. The van der Waals surface area contributed by atoms with E-state index in [0.717, 1.165) is 30.5 Å². The van der Waals surface area contributed by atoms with Crippen molar-refractivity contribution < 1.29 is 14.3 Å². The van der Waals surface area contributed by atoms with Crippen LogP contribution in [0.2, 0.25) is 0 Å². The third-order valence-corrected chi connectivity index (χ3v) is 5.97. The summed E-state index contributed by atoms with van der Waals surface area (Å²) in [6.07, 6.45) is 1.62. The first kappa shape index (κ1) is 22.0. The molecule has 0 radical (unpaired) electrons. The molecule has 168 valence electrons. The van der Waals surface area contributed by atoms with Gasteiger partial charge in [0, 0.05) is 50.0 Å². The Balaban J connectivity index is 1.42. The van der Waals surface area contributed by atoms with Crippen LogP contribution < -0.4 is 0 Å². The number of fused-ring (bicyclic) bond motifs is 1. The Kier molecular flexibility index (Phi) is 6.28. The van der Waals surface area contributed by atoms with E-state index in [9.17, 15) is 9.59 Å². The molecular formula is C25H30N4O3. The average Bonchev–Trinajstić information content (AvgIpc) is 3.07. The molecule has 1 aliphatic rings. The molecular weight excluding hydrogens is 404 g/mol. The Morgan fingerprint density at radius 2 is 1.81 bits per heavy atom. The topological polar surface area (TPSA) is 78.5 Å². The number of aryl methyl sites for hydroxylation is 1. The molecule has 0 spiro atoms. The molecule has 3 aromatic rings. The second kappa shape index (κ2) is 9.12. The zero-order valence-electron chi connectivity index (χ0n) is 19.1. The van der Waals surface area contributed by atoms with Crippen LogP contribution in [0.4, 0.5) is 0 Å². The van der Waals surface area contributed by atoms with E-state index in [1.165, 1.54) is 5.56 Å². The van der Waals surface area contributed by atoms with Crippen molar-refractivity contribution in [3.05, 3.63) is 64.6 Å². The van der Waals surface area contributed by atoms with Crippen LogP contribution in [0.25, 0.3) is 10.9 Å². The number of nitrogens with zero attached hydrogens (tertiary/aromatic N) is 3. The molecule has 1 fully saturated rings. The van der Waals surface area contributed by atoms with Gasteiger partial charge < -0.3 is 14.6 Å². The molecule has 2 aromatic heterocycles. The van der Waals surface area contributed by atoms with Gasteiger partial charge in [0.05, 0.1) is 17.2 Å². The highest BCUT2D eigenvalue weighted by atomic mass is 16.5. The summed E-state index contributed by atoms with van der Waals surface area (Å²) in [6, 6.07) is 10.3. The van der Waals surface area contributed by atoms with E-state index in [-0.39, 0.29) is 18.0 Å². The quantitative estimate of drug-likeness (QED) is 0.620. The number of amides is 1. The van der Waals surface area contributed by atoms with Gasteiger partial charge in [0.25, 0.3) is 5.91 Å². The van der Waals surface area contributed by atoms with E-state index in [1.54, 1.807) is 13.8 Å². The molecule has 1 N–H and O–H groups in total. The number of para-hydroxylation sites is 1. The van der Waals surface area contributed by atoms with Crippen LogP contribution in [0, 0.1) is 13.8 Å². The molecule has 7 nitrogen and oxygen atoms in total. The molecule has 1 saturated heterocycles. The van der Waals surface area contributed by atoms with Crippen LogP contribution in [-0.4, -0.2) is 63.9 Å². The van der Waals surface area contributed by atoms with E-state index < -0.39 is 0 Å². The van der Waals surface area contributed by atoms with Crippen LogP contribution in [0.5, 0.6) is 0 Å². The number of hydrogen-bond donors (Lipinski definition) is 1. The molecule has 32 heavy (non-hydrogen) atoms. The predicted molar refractivity (Wildman–Crippen MR) is 124 cm³/mol. The van der Waals surface area contributed by atoms with E-state index in [0.29, 0.717) is 35.6 Å². The smallest absolute Gasteiger partial charge is 0.340 e. The Hall–Kier alpha value is -3.19. The molecule has 3 heterocycles. The fourth-order valence-electron chi connectivity index (χ4n) is 4.35. The highest BCUT2D eigenvalue weighted by molar-refractivity contribution is 6.00. The second-order valence-corrected chi connectivity index (χ2v) is 8.64. The largest absolute Gasteiger partial charge is 0.459 e. The normalized spacial score (nSPS) is 14.8. The summed E-state index contributed by atoms with van der Waals surface area (Å²) in [5.41, 5.74) is 4.49. The first-order chi connectivity index (χ1) is 15.3. The maximum Gasteiger partial charge on any atom is 0.340 e.